The topological polar surface area (TPSA) is 20.2 Å². The highest BCUT2D eigenvalue weighted by Gasteiger charge is 2.46. The van der Waals surface area contributed by atoms with Crippen molar-refractivity contribution in [2.45, 2.75) is 64.4 Å². The van der Waals surface area contributed by atoms with Gasteiger partial charge in [0.25, 0.3) is 0 Å². The van der Waals surface area contributed by atoms with Crippen molar-refractivity contribution in [3.05, 3.63) is 0 Å². The van der Waals surface area contributed by atoms with Crippen LogP contribution < -0.4 is 0 Å². The first-order chi connectivity index (χ1) is 6.64. The fourth-order valence-corrected chi connectivity index (χ4v) is 3.68. The maximum Gasteiger partial charge on any atom is 0.0703 e. The van der Waals surface area contributed by atoms with Crippen LogP contribution in [0.5, 0.6) is 0 Å². The quantitative estimate of drug-likeness (QED) is 0.682. The normalized spacial score (nSPS) is 45.6. The minimum atomic E-state index is -0.311. The molecule has 2 rings (SSSR count). The first kappa shape index (κ1) is 10.5. The zero-order chi connectivity index (χ0) is 10.2. The zero-order valence-corrected chi connectivity index (χ0v) is 9.63. The largest absolute Gasteiger partial charge is 0.389 e. The molecule has 1 N–H and O–H groups in total. The van der Waals surface area contributed by atoms with Gasteiger partial charge in [-0.25, -0.2) is 0 Å². The Morgan fingerprint density at radius 3 is 2.29 bits per heavy atom. The van der Waals surface area contributed by atoms with Gasteiger partial charge in [0.15, 0.2) is 0 Å². The van der Waals surface area contributed by atoms with Crippen molar-refractivity contribution >= 4 is 0 Å². The van der Waals surface area contributed by atoms with Crippen LogP contribution in [-0.2, 0) is 0 Å². The molecule has 0 bridgehead atoms. The highest BCUT2D eigenvalue weighted by molar-refractivity contribution is 4.97. The maximum atomic E-state index is 10.8. The van der Waals surface area contributed by atoms with E-state index in [0.717, 1.165) is 6.42 Å². The van der Waals surface area contributed by atoms with Gasteiger partial charge in [-0.3, -0.25) is 0 Å². The molecule has 0 spiro atoms. The molecule has 0 radical (unpaired) electrons. The van der Waals surface area contributed by atoms with E-state index in [1.165, 1.54) is 38.5 Å². The van der Waals surface area contributed by atoms with Gasteiger partial charge < -0.3 is 5.11 Å². The van der Waals surface area contributed by atoms with Gasteiger partial charge in [-0.05, 0) is 37.0 Å². The lowest BCUT2D eigenvalue weighted by molar-refractivity contribution is -0.105. The van der Waals surface area contributed by atoms with Crippen LogP contribution in [0.25, 0.3) is 0 Å². The molecule has 82 valence electrons. The van der Waals surface area contributed by atoms with E-state index in [-0.39, 0.29) is 5.60 Å². The van der Waals surface area contributed by atoms with Gasteiger partial charge >= 0.3 is 0 Å². The second-order valence-electron chi connectivity index (χ2n) is 5.63. The van der Waals surface area contributed by atoms with Gasteiger partial charge in [0.05, 0.1) is 5.60 Å². The van der Waals surface area contributed by atoms with E-state index >= 15 is 0 Å². The third-order valence-corrected chi connectivity index (χ3v) is 4.94. The summed E-state index contributed by atoms with van der Waals surface area (Å²) in [7, 11) is 0. The SMILES string of the molecule is CC1CCCC(O)(C2CCCC2)C1C. The van der Waals surface area contributed by atoms with Crippen molar-refractivity contribution in [2.75, 3.05) is 0 Å². The molecule has 0 amide bonds. The highest BCUT2D eigenvalue weighted by atomic mass is 16.3. The van der Waals surface area contributed by atoms with Crippen LogP contribution in [0.4, 0.5) is 0 Å². The molecule has 0 aromatic heterocycles. The zero-order valence-electron chi connectivity index (χ0n) is 9.63. The van der Waals surface area contributed by atoms with Gasteiger partial charge in [-0.15, -0.1) is 0 Å². The van der Waals surface area contributed by atoms with Crippen LogP contribution in [0.1, 0.15) is 58.8 Å². The summed E-state index contributed by atoms with van der Waals surface area (Å²) in [4.78, 5) is 0. The molecule has 3 unspecified atom stereocenters. The standard InChI is InChI=1S/C13H24O/c1-10-6-5-9-13(14,11(10)2)12-7-3-4-8-12/h10-12,14H,3-9H2,1-2H3. The molecule has 2 fully saturated rings. The molecule has 0 aromatic carbocycles. The van der Waals surface area contributed by atoms with E-state index in [0.29, 0.717) is 17.8 Å². The summed E-state index contributed by atoms with van der Waals surface area (Å²) in [5.41, 5.74) is -0.311. The summed E-state index contributed by atoms with van der Waals surface area (Å²) in [6.45, 7) is 4.58. The average Bonchev–Trinajstić information content (AvgIpc) is 2.67. The molecule has 0 aromatic rings. The van der Waals surface area contributed by atoms with Crippen molar-refractivity contribution in [1.82, 2.24) is 0 Å². The first-order valence-electron chi connectivity index (χ1n) is 6.37. The molecule has 0 aliphatic heterocycles. The molecular formula is C13H24O. The van der Waals surface area contributed by atoms with Gasteiger partial charge in [0.2, 0.25) is 0 Å². The Morgan fingerprint density at radius 2 is 1.64 bits per heavy atom. The molecule has 2 aliphatic carbocycles. The van der Waals surface area contributed by atoms with E-state index in [2.05, 4.69) is 13.8 Å². The molecule has 1 nitrogen and oxygen atoms in total. The number of hydrogen-bond acceptors (Lipinski definition) is 1. The minimum absolute atomic E-state index is 0.311. The van der Waals surface area contributed by atoms with Crippen molar-refractivity contribution in [3.8, 4) is 0 Å². The predicted octanol–water partition coefficient (Wildman–Crippen LogP) is 3.36. The lowest BCUT2D eigenvalue weighted by Crippen LogP contribution is -2.48. The molecule has 3 atom stereocenters. The predicted molar refractivity (Wildman–Crippen MR) is 59.1 cm³/mol. The Kier molecular flexibility index (Phi) is 2.88. The summed E-state index contributed by atoms with van der Waals surface area (Å²) < 4.78 is 0. The Bertz CT molecular complexity index is 191. The third-order valence-electron chi connectivity index (χ3n) is 4.94. The third kappa shape index (κ3) is 1.60. The van der Waals surface area contributed by atoms with Crippen LogP contribution in [-0.4, -0.2) is 10.7 Å². The van der Waals surface area contributed by atoms with Crippen LogP contribution in [0.15, 0.2) is 0 Å². The second kappa shape index (κ2) is 3.84. The lowest BCUT2D eigenvalue weighted by Gasteiger charge is -2.46. The summed E-state index contributed by atoms with van der Waals surface area (Å²) in [5, 5.41) is 10.8. The summed E-state index contributed by atoms with van der Waals surface area (Å²) in [5.74, 6) is 1.84. The lowest BCUT2D eigenvalue weighted by atomic mass is 9.64. The molecule has 0 saturated heterocycles. The fourth-order valence-electron chi connectivity index (χ4n) is 3.68. The fraction of sp³-hybridized carbons (Fsp3) is 1.00. The number of rotatable bonds is 1. The van der Waals surface area contributed by atoms with Crippen molar-refractivity contribution < 1.29 is 5.11 Å². The van der Waals surface area contributed by atoms with Crippen molar-refractivity contribution in [3.63, 3.8) is 0 Å². The maximum absolute atomic E-state index is 10.8. The molecule has 14 heavy (non-hydrogen) atoms. The monoisotopic (exact) mass is 196 g/mol. The second-order valence-corrected chi connectivity index (χ2v) is 5.63. The van der Waals surface area contributed by atoms with Crippen molar-refractivity contribution in [2.24, 2.45) is 17.8 Å². The van der Waals surface area contributed by atoms with Crippen molar-refractivity contribution in [1.29, 1.82) is 0 Å². The van der Waals surface area contributed by atoms with E-state index in [9.17, 15) is 5.11 Å². The van der Waals surface area contributed by atoms with Gasteiger partial charge in [-0.1, -0.05) is 39.5 Å². The first-order valence-corrected chi connectivity index (χ1v) is 6.37. The smallest absolute Gasteiger partial charge is 0.0703 e. The highest BCUT2D eigenvalue weighted by Crippen LogP contribution is 2.47. The van der Waals surface area contributed by atoms with Crippen LogP contribution in [0, 0.1) is 17.8 Å². The van der Waals surface area contributed by atoms with E-state index < -0.39 is 0 Å². The van der Waals surface area contributed by atoms with Crippen LogP contribution in [0.2, 0.25) is 0 Å². The van der Waals surface area contributed by atoms with Crippen LogP contribution >= 0.6 is 0 Å². The van der Waals surface area contributed by atoms with Gasteiger partial charge in [-0.2, -0.15) is 0 Å². The molecule has 0 heterocycles. The van der Waals surface area contributed by atoms with Crippen LogP contribution in [0.3, 0.4) is 0 Å². The number of hydrogen-bond donors (Lipinski definition) is 1. The van der Waals surface area contributed by atoms with E-state index in [4.69, 9.17) is 0 Å². The molecule has 2 saturated carbocycles. The van der Waals surface area contributed by atoms with Gasteiger partial charge in [0.1, 0.15) is 0 Å². The Morgan fingerprint density at radius 1 is 1.00 bits per heavy atom. The minimum Gasteiger partial charge on any atom is -0.389 e. The summed E-state index contributed by atoms with van der Waals surface area (Å²) >= 11 is 0. The Balaban J connectivity index is 2.11. The van der Waals surface area contributed by atoms with Gasteiger partial charge in [0, 0.05) is 0 Å². The molecule has 2 aliphatic rings. The summed E-state index contributed by atoms with van der Waals surface area (Å²) in [6.07, 6.45) is 8.83. The Labute approximate surface area is 87.9 Å². The summed E-state index contributed by atoms with van der Waals surface area (Å²) in [6, 6.07) is 0. The van der Waals surface area contributed by atoms with E-state index in [1.807, 2.05) is 0 Å². The molecule has 1 heteroatoms. The molecular weight excluding hydrogens is 172 g/mol. The Hall–Kier alpha value is -0.0400. The average molecular weight is 196 g/mol. The van der Waals surface area contributed by atoms with E-state index in [1.54, 1.807) is 0 Å². The number of aliphatic hydroxyl groups is 1.